The summed E-state index contributed by atoms with van der Waals surface area (Å²) in [4.78, 5) is 15.0. The molecule has 0 amide bonds. The zero-order chi connectivity index (χ0) is 25.8. The van der Waals surface area contributed by atoms with Crippen molar-refractivity contribution >= 4 is 48.0 Å². The van der Waals surface area contributed by atoms with Crippen molar-refractivity contribution in [2.24, 2.45) is 0 Å². The first-order valence-corrected chi connectivity index (χ1v) is 14.6. The number of anilines is 3. The average Bonchev–Trinajstić information content (AvgIpc) is 2.86. The highest BCUT2D eigenvalue weighted by atomic mass is 32.2. The third-order valence-corrected chi connectivity index (χ3v) is 8.15. The molecule has 4 aromatic rings. The molecule has 2 aromatic heterocycles. The van der Waals surface area contributed by atoms with Crippen molar-refractivity contribution < 1.29 is 16.8 Å². The van der Waals surface area contributed by atoms with E-state index in [2.05, 4.69) is 20.3 Å². The van der Waals surface area contributed by atoms with Crippen molar-refractivity contribution in [3.05, 3.63) is 73.1 Å². The topological polar surface area (TPSA) is 148 Å². The van der Waals surface area contributed by atoms with Gasteiger partial charge < -0.3 is 16.0 Å². The van der Waals surface area contributed by atoms with Crippen LogP contribution in [0.2, 0.25) is 0 Å². The number of hydrogen-bond acceptors (Lipinski definition) is 10. The Bertz CT molecular complexity index is 1560. The van der Waals surface area contributed by atoms with Crippen LogP contribution in [0.1, 0.15) is 0 Å². The molecule has 0 radical (unpaired) electrons. The number of nitrogen functional groups attached to an aromatic ring is 1. The first-order chi connectivity index (χ1) is 17.1. The zero-order valence-corrected chi connectivity index (χ0v) is 21.2. The largest absolute Gasteiger partial charge is 0.368 e. The second-order valence-corrected chi connectivity index (χ2v) is 12.4. The van der Waals surface area contributed by atoms with Crippen molar-refractivity contribution in [3.8, 4) is 0 Å². The van der Waals surface area contributed by atoms with Gasteiger partial charge in [0, 0.05) is 43.2 Å². The highest BCUT2D eigenvalue weighted by Gasteiger charge is 2.19. The lowest BCUT2D eigenvalue weighted by Gasteiger charge is -2.24. The summed E-state index contributed by atoms with van der Waals surface area (Å²) in [6.45, 7) is 1.24. The third kappa shape index (κ3) is 6.14. The van der Waals surface area contributed by atoms with Gasteiger partial charge in [-0.1, -0.05) is 18.2 Å². The van der Waals surface area contributed by atoms with E-state index < -0.39 is 19.7 Å². The van der Waals surface area contributed by atoms with Crippen LogP contribution in [0.5, 0.6) is 0 Å². The minimum Gasteiger partial charge on any atom is -0.368 e. The lowest BCUT2D eigenvalue weighted by molar-refractivity contribution is 0.594. The fourth-order valence-electron chi connectivity index (χ4n) is 3.57. The molecule has 4 rings (SSSR count). The Morgan fingerprint density at radius 3 is 2.28 bits per heavy atom. The normalized spacial score (nSPS) is 12.0. The van der Waals surface area contributed by atoms with E-state index in [1.165, 1.54) is 6.26 Å². The van der Waals surface area contributed by atoms with Crippen LogP contribution in [0.4, 0.5) is 17.5 Å². The number of sulfone groups is 2. The molecule has 188 valence electrons. The molecular formula is C24H26N6O4S2. The molecule has 36 heavy (non-hydrogen) atoms. The lowest BCUT2D eigenvalue weighted by Crippen LogP contribution is -2.32. The van der Waals surface area contributed by atoms with E-state index in [9.17, 15) is 16.8 Å². The molecule has 0 saturated carbocycles. The molecule has 2 aromatic carbocycles. The van der Waals surface area contributed by atoms with Crippen LogP contribution in [-0.2, 0) is 19.7 Å². The van der Waals surface area contributed by atoms with E-state index >= 15 is 0 Å². The molecule has 0 unspecified atom stereocenters. The van der Waals surface area contributed by atoms with Gasteiger partial charge in [-0.15, -0.1) is 0 Å². The number of nitrogens with one attached hydrogen (secondary N) is 1. The van der Waals surface area contributed by atoms with Crippen LogP contribution in [-0.4, -0.2) is 63.4 Å². The molecule has 3 N–H and O–H groups in total. The molecule has 0 aliphatic carbocycles. The molecule has 0 bridgehead atoms. The van der Waals surface area contributed by atoms with Gasteiger partial charge in [-0.2, -0.15) is 0 Å². The van der Waals surface area contributed by atoms with E-state index in [0.717, 1.165) is 11.1 Å². The van der Waals surface area contributed by atoms with Crippen LogP contribution in [0.25, 0.3) is 10.9 Å². The molecule has 0 spiro atoms. The predicted octanol–water partition coefficient (Wildman–Crippen LogP) is 2.21. The molecule has 0 atom stereocenters. The Balaban J connectivity index is 1.62. The smallest absolute Gasteiger partial charge is 0.220 e. The maximum absolute atomic E-state index is 13.0. The van der Waals surface area contributed by atoms with Gasteiger partial charge in [0.2, 0.25) is 15.8 Å². The summed E-state index contributed by atoms with van der Waals surface area (Å²) >= 11 is 0. The number of fused-ring (bicyclic) bond motifs is 1. The van der Waals surface area contributed by atoms with Crippen molar-refractivity contribution in [1.29, 1.82) is 0 Å². The monoisotopic (exact) mass is 526 g/mol. The summed E-state index contributed by atoms with van der Waals surface area (Å²) in [6, 6.07) is 16.6. The molecule has 10 nitrogen and oxygen atoms in total. The second kappa shape index (κ2) is 10.6. The van der Waals surface area contributed by atoms with Crippen LogP contribution >= 0.6 is 0 Å². The van der Waals surface area contributed by atoms with Crippen molar-refractivity contribution in [2.75, 3.05) is 42.3 Å². The molecule has 0 fully saturated rings. The SMILES string of the molecule is CS(=O)(=O)CCNCCN(c1ccc(S(=O)(=O)c2ccccc2)cc1)c1cc2cnc(N)nc2cn1. The predicted molar refractivity (Wildman–Crippen MR) is 140 cm³/mol. The standard InChI is InChI=1S/C24H26N6O4S2/c1-35(31,32)14-12-26-11-13-30(23-15-18-16-28-24(25)29-22(18)17-27-23)19-7-9-21(10-8-19)36(33,34)20-5-3-2-4-6-20/h2-10,15-17,26H,11-14H2,1H3,(H2,25,28,29). The number of hydrogen-bond donors (Lipinski definition) is 2. The van der Waals surface area contributed by atoms with Crippen LogP contribution < -0.4 is 16.0 Å². The Kier molecular flexibility index (Phi) is 7.48. The van der Waals surface area contributed by atoms with Crippen LogP contribution in [0.15, 0.2) is 82.8 Å². The summed E-state index contributed by atoms with van der Waals surface area (Å²) < 4.78 is 48.8. The van der Waals surface area contributed by atoms with Gasteiger partial charge in [0.25, 0.3) is 0 Å². The van der Waals surface area contributed by atoms with E-state index in [1.54, 1.807) is 67.0 Å². The van der Waals surface area contributed by atoms with E-state index in [1.807, 2.05) is 11.0 Å². The second-order valence-electron chi connectivity index (χ2n) is 8.17. The minimum absolute atomic E-state index is 0.0338. The highest BCUT2D eigenvalue weighted by molar-refractivity contribution is 7.91. The van der Waals surface area contributed by atoms with Gasteiger partial charge in [0.1, 0.15) is 15.7 Å². The summed E-state index contributed by atoms with van der Waals surface area (Å²) in [5, 5.41) is 3.87. The maximum atomic E-state index is 13.0. The van der Waals surface area contributed by atoms with Gasteiger partial charge in [-0.3, -0.25) is 0 Å². The maximum Gasteiger partial charge on any atom is 0.220 e. The number of nitrogens with two attached hydrogens (primary N) is 1. The molecule has 12 heteroatoms. The molecular weight excluding hydrogens is 500 g/mol. The molecule has 0 aliphatic heterocycles. The number of aromatic nitrogens is 3. The third-order valence-electron chi connectivity index (χ3n) is 5.42. The lowest BCUT2D eigenvalue weighted by atomic mass is 10.2. The first kappa shape index (κ1) is 25.5. The number of pyridine rings is 1. The minimum atomic E-state index is -3.65. The Morgan fingerprint density at radius 1 is 0.889 bits per heavy atom. The summed E-state index contributed by atoms with van der Waals surface area (Å²) in [7, 11) is -6.72. The van der Waals surface area contributed by atoms with E-state index in [4.69, 9.17) is 5.73 Å². The Hall–Kier alpha value is -3.61. The molecule has 0 aliphatic rings. The van der Waals surface area contributed by atoms with E-state index in [0.29, 0.717) is 31.0 Å². The number of rotatable bonds is 10. The fourth-order valence-corrected chi connectivity index (χ4v) is 5.37. The van der Waals surface area contributed by atoms with Crippen LogP contribution in [0, 0.1) is 0 Å². The van der Waals surface area contributed by atoms with Crippen molar-refractivity contribution in [2.45, 2.75) is 9.79 Å². The average molecular weight is 527 g/mol. The molecule has 2 heterocycles. The summed E-state index contributed by atoms with van der Waals surface area (Å²) in [5.74, 6) is 0.783. The number of benzene rings is 2. The quantitative estimate of drug-likeness (QED) is 0.295. The number of nitrogens with zero attached hydrogens (tertiary/aromatic N) is 4. The van der Waals surface area contributed by atoms with E-state index in [-0.39, 0.29) is 21.5 Å². The van der Waals surface area contributed by atoms with Crippen molar-refractivity contribution in [3.63, 3.8) is 0 Å². The van der Waals surface area contributed by atoms with Gasteiger partial charge in [0.05, 0.1) is 27.3 Å². The van der Waals surface area contributed by atoms with Gasteiger partial charge >= 0.3 is 0 Å². The van der Waals surface area contributed by atoms with Gasteiger partial charge in [-0.25, -0.2) is 31.8 Å². The first-order valence-electron chi connectivity index (χ1n) is 11.1. The highest BCUT2D eigenvalue weighted by Crippen LogP contribution is 2.28. The van der Waals surface area contributed by atoms with Gasteiger partial charge in [0.15, 0.2) is 0 Å². The van der Waals surface area contributed by atoms with Crippen LogP contribution in [0.3, 0.4) is 0 Å². The fraction of sp³-hybridized carbons (Fsp3) is 0.208. The van der Waals surface area contributed by atoms with Crippen molar-refractivity contribution in [1.82, 2.24) is 20.3 Å². The Morgan fingerprint density at radius 2 is 1.58 bits per heavy atom. The zero-order valence-electron chi connectivity index (χ0n) is 19.6. The molecule has 0 saturated heterocycles. The summed E-state index contributed by atoms with van der Waals surface area (Å²) in [6.07, 6.45) is 4.40. The summed E-state index contributed by atoms with van der Waals surface area (Å²) in [5.41, 5.74) is 6.98. The van der Waals surface area contributed by atoms with Gasteiger partial charge in [-0.05, 0) is 42.5 Å². The Labute approximate surface area is 210 Å².